The van der Waals surface area contributed by atoms with Gasteiger partial charge in [-0.2, -0.15) is 13.2 Å². The summed E-state index contributed by atoms with van der Waals surface area (Å²) in [5.41, 5.74) is -4.10. The molecule has 0 saturated heterocycles. The number of hydrogen-bond acceptors (Lipinski definition) is 1. The summed E-state index contributed by atoms with van der Waals surface area (Å²) in [6.07, 6.45) is 0. The van der Waals surface area contributed by atoms with Gasteiger partial charge in [-0.3, -0.25) is 0 Å². The summed E-state index contributed by atoms with van der Waals surface area (Å²) in [7, 11) is 0. The minimum atomic E-state index is -4.10. The Labute approximate surface area is 55.2 Å². The molecule has 5 heteroatoms. The highest BCUT2D eigenvalue weighted by molar-refractivity contribution is 8.00. The van der Waals surface area contributed by atoms with E-state index in [4.69, 9.17) is 0 Å². The molecule has 0 nitrogen and oxygen atoms in total. The van der Waals surface area contributed by atoms with Crippen molar-refractivity contribution < 1.29 is 13.2 Å². The van der Waals surface area contributed by atoms with Crippen LogP contribution in [0.25, 0.3) is 0 Å². The highest BCUT2D eigenvalue weighted by Gasteiger charge is 2.26. The van der Waals surface area contributed by atoms with Gasteiger partial charge in [-0.1, -0.05) is 24.4 Å². The van der Waals surface area contributed by atoms with Crippen LogP contribution in [0.15, 0.2) is 0 Å². The van der Waals surface area contributed by atoms with Gasteiger partial charge >= 0.3 is 5.51 Å². The fourth-order valence-electron chi connectivity index (χ4n) is 0.157. The third-order valence-corrected chi connectivity index (χ3v) is 1.55. The second-order valence-electron chi connectivity index (χ2n) is 0.998. The summed E-state index contributed by atoms with van der Waals surface area (Å²) in [6, 6.07) is 0. The largest absolute Gasteiger partial charge is 0.441 e. The van der Waals surface area contributed by atoms with Crippen molar-refractivity contribution in [1.29, 1.82) is 0 Å². The predicted octanol–water partition coefficient (Wildman–Crippen LogP) is 2.44. The molecule has 0 unspecified atom stereocenters. The standard InChI is InChI=1S/C3H4F3S2/c4-3(5,6)8-2-1-7/h1-2H2. The molecule has 0 aliphatic carbocycles. The molecule has 0 heterocycles. The van der Waals surface area contributed by atoms with E-state index in [1.165, 1.54) is 0 Å². The van der Waals surface area contributed by atoms with Crippen LogP contribution in [0.5, 0.6) is 0 Å². The van der Waals surface area contributed by atoms with Crippen molar-refractivity contribution in [3.8, 4) is 0 Å². The van der Waals surface area contributed by atoms with Crippen LogP contribution in [0.1, 0.15) is 0 Å². The van der Waals surface area contributed by atoms with Crippen LogP contribution in [0.3, 0.4) is 0 Å². The zero-order valence-electron chi connectivity index (χ0n) is 3.86. The van der Waals surface area contributed by atoms with Gasteiger partial charge in [0.05, 0.1) is 0 Å². The molecule has 0 aromatic carbocycles. The molecule has 0 bridgehead atoms. The number of thioether (sulfide) groups is 1. The fraction of sp³-hybridized carbons (Fsp3) is 1.00. The molecule has 0 spiro atoms. The quantitative estimate of drug-likeness (QED) is 0.599. The monoisotopic (exact) mass is 161 g/mol. The molecule has 0 N–H and O–H groups in total. The van der Waals surface area contributed by atoms with Crippen molar-refractivity contribution in [3.05, 3.63) is 0 Å². The SMILES string of the molecule is FC(F)(F)SCC[S]. The van der Waals surface area contributed by atoms with E-state index in [9.17, 15) is 13.2 Å². The van der Waals surface area contributed by atoms with Gasteiger partial charge in [-0.05, 0) is 0 Å². The van der Waals surface area contributed by atoms with E-state index in [1.807, 2.05) is 0 Å². The van der Waals surface area contributed by atoms with E-state index >= 15 is 0 Å². The Kier molecular flexibility index (Phi) is 3.72. The van der Waals surface area contributed by atoms with Gasteiger partial charge in [0.15, 0.2) is 0 Å². The maximum Gasteiger partial charge on any atom is 0.441 e. The highest BCUT2D eigenvalue weighted by atomic mass is 32.2. The Morgan fingerprint density at radius 3 is 2.00 bits per heavy atom. The summed E-state index contributed by atoms with van der Waals surface area (Å²) in [6.45, 7) is 0. The molecule has 0 atom stereocenters. The average molecular weight is 161 g/mol. The van der Waals surface area contributed by atoms with Gasteiger partial charge in [0, 0.05) is 11.5 Å². The van der Waals surface area contributed by atoms with Gasteiger partial charge in [-0.15, -0.1) is 0 Å². The Morgan fingerprint density at radius 2 is 1.88 bits per heavy atom. The minimum absolute atomic E-state index is 0.0150. The van der Waals surface area contributed by atoms with Crippen LogP contribution in [-0.4, -0.2) is 17.0 Å². The summed E-state index contributed by atoms with van der Waals surface area (Å²) < 4.78 is 33.5. The normalized spacial score (nSPS) is 12.0. The molecule has 1 radical (unpaired) electrons. The van der Waals surface area contributed by atoms with E-state index < -0.39 is 5.51 Å². The molecule has 0 aliphatic rings. The molecule has 0 aromatic heterocycles. The van der Waals surface area contributed by atoms with E-state index in [0.717, 1.165) is 0 Å². The summed E-state index contributed by atoms with van der Waals surface area (Å²) >= 11 is 4.23. The topological polar surface area (TPSA) is 0 Å². The molecule has 0 rings (SSSR count). The number of rotatable bonds is 2. The molecule has 0 amide bonds. The molecule has 49 valence electrons. The Morgan fingerprint density at radius 1 is 1.38 bits per heavy atom. The lowest BCUT2D eigenvalue weighted by Crippen LogP contribution is -2.01. The van der Waals surface area contributed by atoms with Crippen molar-refractivity contribution in [1.82, 2.24) is 0 Å². The van der Waals surface area contributed by atoms with Crippen molar-refractivity contribution in [2.45, 2.75) is 5.51 Å². The number of halogens is 3. The van der Waals surface area contributed by atoms with E-state index in [-0.39, 0.29) is 23.3 Å². The smallest absolute Gasteiger partial charge is 0.160 e. The molecular weight excluding hydrogens is 157 g/mol. The van der Waals surface area contributed by atoms with Gasteiger partial charge in [0.2, 0.25) is 0 Å². The van der Waals surface area contributed by atoms with Crippen molar-refractivity contribution >= 4 is 24.4 Å². The van der Waals surface area contributed by atoms with Crippen molar-refractivity contribution in [2.75, 3.05) is 11.5 Å². The number of alkyl halides is 3. The number of hydrogen-bond donors (Lipinski definition) is 0. The summed E-state index contributed by atoms with van der Waals surface area (Å²) in [5, 5.41) is 0. The lowest BCUT2D eigenvalue weighted by Gasteiger charge is -2.00. The molecule has 0 saturated carbocycles. The lowest BCUT2D eigenvalue weighted by atomic mass is 11.0. The predicted molar refractivity (Wildman–Crippen MR) is 31.0 cm³/mol. The highest BCUT2D eigenvalue weighted by Crippen LogP contribution is 2.29. The van der Waals surface area contributed by atoms with Crippen LogP contribution in [0.4, 0.5) is 13.2 Å². The molecular formula is C3H4F3S2. The first kappa shape index (κ1) is 8.49. The Balaban J connectivity index is 3.11. The zero-order chi connectivity index (χ0) is 6.62. The first-order valence-corrected chi connectivity index (χ1v) is 3.41. The Hall–Kier alpha value is 0.490. The second-order valence-corrected chi connectivity index (χ2v) is 2.57. The van der Waals surface area contributed by atoms with Crippen LogP contribution in [0.2, 0.25) is 0 Å². The van der Waals surface area contributed by atoms with Gasteiger partial charge in [0.1, 0.15) is 0 Å². The third kappa shape index (κ3) is 6.49. The zero-order valence-corrected chi connectivity index (χ0v) is 5.50. The summed E-state index contributed by atoms with van der Waals surface area (Å²) in [4.78, 5) is 0. The third-order valence-electron chi connectivity index (χ3n) is 0.349. The van der Waals surface area contributed by atoms with E-state index in [1.54, 1.807) is 0 Å². The lowest BCUT2D eigenvalue weighted by molar-refractivity contribution is -0.0326. The molecule has 0 fully saturated rings. The first-order chi connectivity index (χ1) is 3.56. The first-order valence-electron chi connectivity index (χ1n) is 1.85. The average Bonchev–Trinajstić information content (AvgIpc) is 1.59. The van der Waals surface area contributed by atoms with E-state index in [2.05, 4.69) is 12.6 Å². The minimum Gasteiger partial charge on any atom is -0.160 e. The molecule has 8 heavy (non-hydrogen) atoms. The van der Waals surface area contributed by atoms with Crippen LogP contribution < -0.4 is 0 Å². The maximum absolute atomic E-state index is 11.2. The van der Waals surface area contributed by atoms with Crippen molar-refractivity contribution in [2.24, 2.45) is 0 Å². The van der Waals surface area contributed by atoms with Crippen LogP contribution in [0, 0.1) is 0 Å². The molecule has 0 aliphatic heterocycles. The van der Waals surface area contributed by atoms with Gasteiger partial charge < -0.3 is 0 Å². The van der Waals surface area contributed by atoms with E-state index in [0.29, 0.717) is 0 Å². The summed E-state index contributed by atoms with van der Waals surface area (Å²) in [5.74, 6) is 0.142. The second kappa shape index (κ2) is 3.50. The van der Waals surface area contributed by atoms with Crippen molar-refractivity contribution in [3.63, 3.8) is 0 Å². The van der Waals surface area contributed by atoms with Gasteiger partial charge in [-0.25, -0.2) is 0 Å². The maximum atomic E-state index is 11.2. The molecule has 0 aromatic rings. The van der Waals surface area contributed by atoms with Crippen LogP contribution in [-0.2, 0) is 0 Å². The Bertz CT molecular complexity index is 60.0. The van der Waals surface area contributed by atoms with Gasteiger partial charge in [0.25, 0.3) is 0 Å². The van der Waals surface area contributed by atoms with Crippen LogP contribution >= 0.6 is 24.4 Å². The fourth-order valence-corrected chi connectivity index (χ4v) is 0.722.